The third-order valence-corrected chi connectivity index (χ3v) is 6.42. The molecule has 5 heteroatoms. The van der Waals surface area contributed by atoms with Crippen LogP contribution in [0.5, 0.6) is 5.75 Å². The molecular formula is C26H32N2O3. The first kappa shape index (κ1) is 21.4. The molecule has 0 bridgehead atoms. The lowest BCUT2D eigenvalue weighted by Crippen LogP contribution is -2.40. The maximum Gasteiger partial charge on any atom is 0.253 e. The molecule has 4 rings (SSSR count). The number of carbonyl (C=O) groups is 2. The Labute approximate surface area is 185 Å². The number of aryl methyl sites for hydroxylation is 1. The number of hydrogen-bond acceptors (Lipinski definition) is 3. The Kier molecular flexibility index (Phi) is 6.90. The molecule has 2 saturated heterocycles. The van der Waals surface area contributed by atoms with Crippen molar-refractivity contribution in [3.05, 3.63) is 65.2 Å². The highest BCUT2D eigenvalue weighted by atomic mass is 16.5. The Morgan fingerprint density at radius 1 is 0.871 bits per heavy atom. The van der Waals surface area contributed by atoms with Gasteiger partial charge in [0.05, 0.1) is 13.0 Å². The van der Waals surface area contributed by atoms with Crippen LogP contribution in [-0.4, -0.2) is 54.4 Å². The highest BCUT2D eigenvalue weighted by Gasteiger charge is 2.23. The highest BCUT2D eigenvalue weighted by Crippen LogP contribution is 2.21. The SMILES string of the molecule is Cc1ccc(CC(=O)N2CCC(COc3ccc(C(=O)N4CCCC4)cc3)CC2)cc1. The minimum Gasteiger partial charge on any atom is -0.493 e. The molecule has 0 N–H and O–H groups in total. The van der Waals surface area contributed by atoms with Gasteiger partial charge in [-0.05, 0) is 68.4 Å². The summed E-state index contributed by atoms with van der Waals surface area (Å²) in [5.41, 5.74) is 3.02. The molecule has 164 valence electrons. The van der Waals surface area contributed by atoms with E-state index in [2.05, 4.69) is 19.1 Å². The van der Waals surface area contributed by atoms with Gasteiger partial charge in [-0.1, -0.05) is 29.8 Å². The minimum absolute atomic E-state index is 0.117. The van der Waals surface area contributed by atoms with Crippen LogP contribution in [0.2, 0.25) is 0 Å². The first-order valence-electron chi connectivity index (χ1n) is 11.4. The van der Waals surface area contributed by atoms with Gasteiger partial charge >= 0.3 is 0 Å². The Bertz CT molecular complexity index is 878. The largest absolute Gasteiger partial charge is 0.493 e. The zero-order valence-electron chi connectivity index (χ0n) is 18.4. The van der Waals surface area contributed by atoms with Gasteiger partial charge < -0.3 is 14.5 Å². The monoisotopic (exact) mass is 420 g/mol. The molecule has 2 aromatic carbocycles. The van der Waals surface area contributed by atoms with Crippen LogP contribution in [0, 0.1) is 12.8 Å². The number of amides is 2. The van der Waals surface area contributed by atoms with Gasteiger partial charge in [0.1, 0.15) is 5.75 Å². The van der Waals surface area contributed by atoms with Gasteiger partial charge in [0.25, 0.3) is 5.91 Å². The van der Waals surface area contributed by atoms with E-state index in [0.29, 0.717) is 18.9 Å². The Morgan fingerprint density at radius 2 is 1.52 bits per heavy atom. The van der Waals surface area contributed by atoms with Crippen LogP contribution in [0.4, 0.5) is 0 Å². The van der Waals surface area contributed by atoms with Crippen LogP contribution in [0.25, 0.3) is 0 Å². The van der Waals surface area contributed by atoms with Crippen molar-refractivity contribution in [2.75, 3.05) is 32.8 Å². The molecule has 0 radical (unpaired) electrons. The van der Waals surface area contributed by atoms with E-state index in [0.717, 1.165) is 68.7 Å². The quantitative estimate of drug-likeness (QED) is 0.707. The molecule has 0 saturated carbocycles. The van der Waals surface area contributed by atoms with Crippen LogP contribution in [0.1, 0.15) is 47.2 Å². The highest BCUT2D eigenvalue weighted by molar-refractivity contribution is 5.94. The van der Waals surface area contributed by atoms with E-state index < -0.39 is 0 Å². The number of likely N-dealkylation sites (tertiary alicyclic amines) is 2. The molecule has 2 aliphatic rings. The van der Waals surface area contributed by atoms with E-state index >= 15 is 0 Å². The van der Waals surface area contributed by atoms with Crippen molar-refractivity contribution in [2.24, 2.45) is 5.92 Å². The molecule has 0 atom stereocenters. The van der Waals surface area contributed by atoms with Crippen molar-refractivity contribution in [3.8, 4) is 5.75 Å². The summed E-state index contributed by atoms with van der Waals surface area (Å²) in [6.07, 6.45) is 4.60. The molecule has 2 heterocycles. The number of nitrogens with zero attached hydrogens (tertiary/aromatic N) is 2. The standard InChI is InChI=1S/C26H32N2O3/c1-20-4-6-21(7-5-20)18-25(29)27-16-12-22(13-17-27)19-31-24-10-8-23(9-11-24)26(30)28-14-2-3-15-28/h4-11,22H,2-3,12-19H2,1H3. The maximum atomic E-state index is 12.6. The Hall–Kier alpha value is -2.82. The summed E-state index contributed by atoms with van der Waals surface area (Å²) >= 11 is 0. The predicted molar refractivity (Wildman–Crippen MR) is 121 cm³/mol. The van der Waals surface area contributed by atoms with Gasteiger partial charge in [0, 0.05) is 31.7 Å². The number of ether oxygens (including phenoxy) is 1. The zero-order valence-corrected chi connectivity index (χ0v) is 18.4. The van der Waals surface area contributed by atoms with Gasteiger partial charge in [-0.15, -0.1) is 0 Å². The van der Waals surface area contributed by atoms with Crippen LogP contribution < -0.4 is 4.74 Å². The molecule has 5 nitrogen and oxygen atoms in total. The van der Waals surface area contributed by atoms with Crippen LogP contribution in [0.15, 0.2) is 48.5 Å². The molecule has 2 aliphatic heterocycles. The van der Waals surface area contributed by atoms with Crippen molar-refractivity contribution < 1.29 is 14.3 Å². The fourth-order valence-electron chi connectivity index (χ4n) is 4.35. The average molecular weight is 421 g/mol. The van der Waals surface area contributed by atoms with Crippen molar-refractivity contribution in [1.29, 1.82) is 0 Å². The minimum atomic E-state index is 0.117. The van der Waals surface area contributed by atoms with Gasteiger partial charge in [0.2, 0.25) is 5.91 Å². The van der Waals surface area contributed by atoms with E-state index in [1.807, 2.05) is 46.2 Å². The molecule has 2 amide bonds. The topological polar surface area (TPSA) is 49.9 Å². The van der Waals surface area contributed by atoms with Crippen molar-refractivity contribution in [3.63, 3.8) is 0 Å². The predicted octanol–water partition coefficient (Wildman–Crippen LogP) is 4.09. The second kappa shape index (κ2) is 9.99. The van der Waals surface area contributed by atoms with Crippen LogP contribution in [0.3, 0.4) is 0 Å². The molecule has 2 aromatic rings. The lowest BCUT2D eigenvalue weighted by molar-refractivity contribution is -0.132. The lowest BCUT2D eigenvalue weighted by atomic mass is 9.97. The summed E-state index contributed by atoms with van der Waals surface area (Å²) in [5.74, 6) is 1.58. The fourth-order valence-corrected chi connectivity index (χ4v) is 4.35. The lowest BCUT2D eigenvalue weighted by Gasteiger charge is -2.32. The third kappa shape index (κ3) is 5.66. The van der Waals surface area contributed by atoms with Crippen molar-refractivity contribution in [1.82, 2.24) is 9.80 Å². The summed E-state index contributed by atoms with van der Waals surface area (Å²) in [4.78, 5) is 28.9. The maximum absolute atomic E-state index is 12.6. The normalized spacial score (nSPS) is 17.1. The first-order chi connectivity index (χ1) is 15.1. The summed E-state index contributed by atoms with van der Waals surface area (Å²) in [6.45, 7) is 6.02. The molecule has 0 aliphatic carbocycles. The molecule has 0 spiro atoms. The second-order valence-electron chi connectivity index (χ2n) is 8.82. The van der Waals surface area contributed by atoms with E-state index in [-0.39, 0.29) is 11.8 Å². The zero-order chi connectivity index (χ0) is 21.6. The number of carbonyl (C=O) groups excluding carboxylic acids is 2. The van der Waals surface area contributed by atoms with Crippen molar-refractivity contribution >= 4 is 11.8 Å². The van der Waals surface area contributed by atoms with Gasteiger partial charge in [-0.3, -0.25) is 9.59 Å². The fraction of sp³-hybridized carbons (Fsp3) is 0.462. The smallest absolute Gasteiger partial charge is 0.253 e. The summed E-state index contributed by atoms with van der Waals surface area (Å²) in [7, 11) is 0. The average Bonchev–Trinajstić information content (AvgIpc) is 3.34. The first-order valence-corrected chi connectivity index (χ1v) is 11.4. The summed E-state index contributed by atoms with van der Waals surface area (Å²) in [6, 6.07) is 15.7. The molecular weight excluding hydrogens is 388 g/mol. The summed E-state index contributed by atoms with van der Waals surface area (Å²) < 4.78 is 5.98. The summed E-state index contributed by atoms with van der Waals surface area (Å²) in [5, 5.41) is 0. The van der Waals surface area contributed by atoms with Crippen LogP contribution in [-0.2, 0) is 11.2 Å². The van der Waals surface area contributed by atoms with E-state index in [4.69, 9.17) is 4.74 Å². The number of benzene rings is 2. The second-order valence-corrected chi connectivity index (χ2v) is 8.82. The van der Waals surface area contributed by atoms with Crippen molar-refractivity contribution in [2.45, 2.75) is 39.0 Å². The van der Waals surface area contributed by atoms with Gasteiger partial charge in [-0.2, -0.15) is 0 Å². The van der Waals surface area contributed by atoms with E-state index in [1.54, 1.807) is 0 Å². The third-order valence-electron chi connectivity index (χ3n) is 6.42. The number of hydrogen-bond donors (Lipinski definition) is 0. The van der Waals surface area contributed by atoms with Crippen LogP contribution >= 0.6 is 0 Å². The molecule has 2 fully saturated rings. The number of piperidine rings is 1. The van der Waals surface area contributed by atoms with E-state index in [1.165, 1.54) is 5.56 Å². The van der Waals surface area contributed by atoms with Gasteiger partial charge in [-0.25, -0.2) is 0 Å². The number of rotatable bonds is 6. The van der Waals surface area contributed by atoms with Gasteiger partial charge in [0.15, 0.2) is 0 Å². The Balaban J connectivity index is 1.20. The van der Waals surface area contributed by atoms with E-state index in [9.17, 15) is 9.59 Å². The Morgan fingerprint density at radius 3 is 2.16 bits per heavy atom. The molecule has 0 aromatic heterocycles. The molecule has 31 heavy (non-hydrogen) atoms. The molecule has 0 unspecified atom stereocenters.